The normalized spacial score (nSPS) is 25.6. The van der Waals surface area contributed by atoms with Crippen LogP contribution in [0.1, 0.15) is 30.6 Å². The summed E-state index contributed by atoms with van der Waals surface area (Å²) in [6, 6.07) is 6.70. The van der Waals surface area contributed by atoms with Crippen molar-refractivity contribution < 1.29 is 0 Å². The highest BCUT2D eigenvalue weighted by molar-refractivity contribution is 7.10. The van der Waals surface area contributed by atoms with Gasteiger partial charge in [0.05, 0.1) is 17.6 Å². The van der Waals surface area contributed by atoms with Crippen LogP contribution in [0, 0.1) is 17.2 Å². The number of rotatable bonds is 1. The fourth-order valence-electron chi connectivity index (χ4n) is 3.80. The van der Waals surface area contributed by atoms with Gasteiger partial charge in [-0.2, -0.15) is 5.26 Å². The SMILES string of the molecule is CC1=C(C#N)C(c2cccs2)C2=C(N1)C1CCN2CC1. The summed E-state index contributed by atoms with van der Waals surface area (Å²) in [6.07, 6.45) is 2.50. The minimum absolute atomic E-state index is 0.152. The van der Waals surface area contributed by atoms with Gasteiger partial charge in [-0.3, -0.25) is 0 Å². The van der Waals surface area contributed by atoms with Crippen molar-refractivity contribution in [2.45, 2.75) is 25.7 Å². The topological polar surface area (TPSA) is 39.1 Å². The van der Waals surface area contributed by atoms with E-state index in [1.165, 1.54) is 29.1 Å². The molecule has 1 N–H and O–H groups in total. The lowest BCUT2D eigenvalue weighted by Gasteiger charge is -2.48. The molecule has 3 nitrogen and oxygen atoms in total. The second kappa shape index (κ2) is 4.39. The lowest BCUT2D eigenvalue weighted by atomic mass is 9.78. The van der Waals surface area contributed by atoms with E-state index < -0.39 is 0 Å². The molecule has 1 aromatic rings. The zero-order valence-corrected chi connectivity index (χ0v) is 12.3. The number of thiophene rings is 1. The number of nitrogens with zero attached hydrogens (tertiary/aromatic N) is 2. The smallest absolute Gasteiger partial charge is 0.0976 e. The van der Waals surface area contributed by atoms with E-state index in [1.54, 1.807) is 11.3 Å². The van der Waals surface area contributed by atoms with Crippen molar-refractivity contribution in [3.05, 3.63) is 45.1 Å². The first-order chi connectivity index (χ1) is 9.79. The van der Waals surface area contributed by atoms with Crippen LogP contribution in [0.15, 0.2) is 40.2 Å². The molecular formula is C16H17N3S. The summed E-state index contributed by atoms with van der Waals surface area (Å²) in [6.45, 7) is 4.33. The van der Waals surface area contributed by atoms with E-state index in [0.29, 0.717) is 5.92 Å². The maximum Gasteiger partial charge on any atom is 0.0976 e. The Kier molecular flexibility index (Phi) is 2.64. The Morgan fingerprint density at radius 1 is 1.40 bits per heavy atom. The quantitative estimate of drug-likeness (QED) is 0.860. The van der Waals surface area contributed by atoms with Gasteiger partial charge < -0.3 is 10.2 Å². The molecule has 0 aliphatic carbocycles. The van der Waals surface area contributed by atoms with Gasteiger partial charge in [0, 0.05) is 41.0 Å². The number of hydrogen-bond donors (Lipinski definition) is 1. The summed E-state index contributed by atoms with van der Waals surface area (Å²) in [7, 11) is 0. The number of hydrogen-bond acceptors (Lipinski definition) is 4. The van der Waals surface area contributed by atoms with E-state index >= 15 is 0 Å². The maximum atomic E-state index is 9.61. The third-order valence-corrected chi connectivity index (χ3v) is 5.69. The van der Waals surface area contributed by atoms with Crippen molar-refractivity contribution >= 4 is 11.3 Å². The fraction of sp³-hybridized carbons (Fsp3) is 0.438. The molecule has 0 spiro atoms. The van der Waals surface area contributed by atoms with Crippen molar-refractivity contribution in [2.75, 3.05) is 13.1 Å². The highest BCUT2D eigenvalue weighted by atomic mass is 32.1. The van der Waals surface area contributed by atoms with Crippen LogP contribution in [0.5, 0.6) is 0 Å². The first kappa shape index (κ1) is 12.0. The van der Waals surface area contributed by atoms with E-state index in [4.69, 9.17) is 0 Å². The van der Waals surface area contributed by atoms with Gasteiger partial charge in [-0.15, -0.1) is 11.3 Å². The first-order valence-electron chi connectivity index (χ1n) is 7.20. The summed E-state index contributed by atoms with van der Waals surface area (Å²) in [5.41, 5.74) is 4.69. The standard InChI is InChI=1S/C16H17N3S/c1-10-12(9-17)14(13-3-2-8-20-13)16-15(18-10)11-4-6-19(16)7-5-11/h2-3,8,11,14,18H,4-7H2,1H3. The number of piperidine rings is 1. The van der Waals surface area contributed by atoms with Crippen molar-refractivity contribution in [1.82, 2.24) is 10.2 Å². The second-order valence-electron chi connectivity index (χ2n) is 5.78. The Balaban J connectivity index is 1.90. The Hall–Kier alpha value is -1.73. The molecule has 0 amide bonds. The molecule has 20 heavy (non-hydrogen) atoms. The molecule has 1 atom stereocenters. The van der Waals surface area contributed by atoms with Gasteiger partial charge in [0.25, 0.3) is 0 Å². The molecule has 1 unspecified atom stereocenters. The average molecular weight is 283 g/mol. The first-order valence-corrected chi connectivity index (χ1v) is 8.08. The van der Waals surface area contributed by atoms with Crippen LogP contribution in [0.3, 0.4) is 0 Å². The molecular weight excluding hydrogens is 266 g/mol. The molecule has 0 saturated carbocycles. The van der Waals surface area contributed by atoms with Crippen LogP contribution in [0.25, 0.3) is 0 Å². The summed E-state index contributed by atoms with van der Waals surface area (Å²) in [5, 5.41) is 15.3. The highest BCUT2D eigenvalue weighted by Crippen LogP contribution is 2.47. The third-order valence-electron chi connectivity index (χ3n) is 4.76. The second-order valence-corrected chi connectivity index (χ2v) is 6.76. The number of nitriles is 1. The fourth-order valence-corrected chi connectivity index (χ4v) is 4.63. The van der Waals surface area contributed by atoms with Gasteiger partial charge in [-0.25, -0.2) is 0 Å². The lowest BCUT2D eigenvalue weighted by molar-refractivity contribution is 0.187. The number of dihydropyridines is 1. The van der Waals surface area contributed by atoms with E-state index in [-0.39, 0.29) is 5.92 Å². The average Bonchev–Trinajstić information content (AvgIpc) is 3.00. The molecule has 1 saturated heterocycles. The maximum absolute atomic E-state index is 9.61. The molecule has 4 aliphatic heterocycles. The molecule has 1 aromatic heterocycles. The highest BCUT2D eigenvalue weighted by Gasteiger charge is 2.41. The van der Waals surface area contributed by atoms with E-state index in [9.17, 15) is 5.26 Å². The van der Waals surface area contributed by atoms with Crippen LogP contribution < -0.4 is 5.32 Å². The monoisotopic (exact) mass is 283 g/mol. The van der Waals surface area contributed by atoms with Crippen molar-refractivity contribution in [3.63, 3.8) is 0 Å². The van der Waals surface area contributed by atoms with Crippen LogP contribution in [-0.4, -0.2) is 18.0 Å². The molecule has 1 fully saturated rings. The molecule has 0 radical (unpaired) electrons. The van der Waals surface area contributed by atoms with Crippen molar-refractivity contribution in [3.8, 4) is 6.07 Å². The van der Waals surface area contributed by atoms with Crippen molar-refractivity contribution in [1.29, 1.82) is 5.26 Å². The van der Waals surface area contributed by atoms with Crippen LogP contribution in [0.4, 0.5) is 0 Å². The largest absolute Gasteiger partial charge is 0.373 e. The molecule has 4 heteroatoms. The van der Waals surface area contributed by atoms with Crippen LogP contribution >= 0.6 is 11.3 Å². The van der Waals surface area contributed by atoms with Gasteiger partial charge in [0.2, 0.25) is 0 Å². The van der Waals surface area contributed by atoms with Crippen molar-refractivity contribution in [2.24, 2.45) is 5.92 Å². The number of allylic oxidation sites excluding steroid dienone is 3. The van der Waals surface area contributed by atoms with Gasteiger partial charge in [-0.1, -0.05) is 6.07 Å². The zero-order chi connectivity index (χ0) is 13.7. The molecule has 0 aromatic carbocycles. The van der Waals surface area contributed by atoms with E-state index in [2.05, 4.69) is 33.8 Å². The van der Waals surface area contributed by atoms with Gasteiger partial charge in [0.15, 0.2) is 0 Å². The summed E-state index contributed by atoms with van der Waals surface area (Å²) >= 11 is 1.76. The number of nitrogens with one attached hydrogen (secondary N) is 1. The molecule has 102 valence electrons. The Labute approximate surface area is 123 Å². The Bertz CT molecular complexity index is 640. The van der Waals surface area contributed by atoms with Crippen LogP contribution in [0.2, 0.25) is 0 Å². The molecule has 4 aliphatic rings. The third kappa shape index (κ3) is 1.56. The number of fused-ring (bicyclic) bond motifs is 2. The zero-order valence-electron chi connectivity index (χ0n) is 11.5. The minimum atomic E-state index is 0.152. The molecule has 5 heterocycles. The Morgan fingerprint density at radius 3 is 2.85 bits per heavy atom. The predicted molar refractivity (Wildman–Crippen MR) is 79.8 cm³/mol. The lowest BCUT2D eigenvalue weighted by Crippen LogP contribution is -2.47. The van der Waals surface area contributed by atoms with E-state index in [0.717, 1.165) is 24.4 Å². The summed E-state index contributed by atoms with van der Waals surface area (Å²) < 4.78 is 0. The Morgan fingerprint density at radius 2 is 2.20 bits per heavy atom. The van der Waals surface area contributed by atoms with Crippen LogP contribution in [-0.2, 0) is 0 Å². The summed E-state index contributed by atoms with van der Waals surface area (Å²) in [4.78, 5) is 3.79. The van der Waals surface area contributed by atoms with E-state index in [1.807, 2.05) is 6.92 Å². The van der Waals surface area contributed by atoms with Gasteiger partial charge in [-0.05, 0) is 31.2 Å². The molecule has 5 rings (SSSR count). The van der Waals surface area contributed by atoms with Gasteiger partial charge >= 0.3 is 0 Å². The van der Waals surface area contributed by atoms with Gasteiger partial charge in [0.1, 0.15) is 0 Å². The molecule has 2 bridgehead atoms. The minimum Gasteiger partial charge on any atom is -0.373 e. The summed E-state index contributed by atoms with van der Waals surface area (Å²) in [5.74, 6) is 0.812. The predicted octanol–water partition coefficient (Wildman–Crippen LogP) is 3.17.